The number of nitrogen functional groups attached to an aromatic ring is 1. The highest BCUT2D eigenvalue weighted by molar-refractivity contribution is 7.22. The molecule has 0 unspecified atom stereocenters. The number of benzene rings is 1. The van der Waals surface area contributed by atoms with Gasteiger partial charge in [0.05, 0.1) is 67.0 Å². The lowest BCUT2D eigenvalue weighted by molar-refractivity contribution is -0.000760. The summed E-state index contributed by atoms with van der Waals surface area (Å²) in [4.78, 5) is 15.1. The molecule has 4 aromatic rings. The van der Waals surface area contributed by atoms with Crippen LogP contribution in [-0.4, -0.2) is 106 Å². The number of fused-ring (bicyclic) bond motifs is 1. The highest BCUT2D eigenvalue weighted by Crippen LogP contribution is 2.39. The number of piperazine rings is 1. The van der Waals surface area contributed by atoms with Crippen LogP contribution in [0.1, 0.15) is 5.56 Å². The second-order valence-corrected chi connectivity index (χ2v) is 11.5. The Kier molecular flexibility index (Phi) is 12.2. The van der Waals surface area contributed by atoms with Gasteiger partial charge in [0.25, 0.3) is 0 Å². The molecule has 1 fully saturated rings. The van der Waals surface area contributed by atoms with Crippen molar-refractivity contribution in [1.82, 2.24) is 19.8 Å². The molecule has 44 heavy (non-hydrogen) atoms. The van der Waals surface area contributed by atoms with Crippen LogP contribution in [0, 0.1) is 5.82 Å². The zero-order valence-corrected chi connectivity index (χ0v) is 25.9. The van der Waals surface area contributed by atoms with Crippen LogP contribution >= 0.6 is 11.3 Å². The van der Waals surface area contributed by atoms with Gasteiger partial charge in [-0.1, -0.05) is 6.07 Å². The molecule has 1 aliphatic heterocycles. The minimum atomic E-state index is -0.506. The van der Waals surface area contributed by atoms with Crippen LogP contribution < -0.4 is 10.5 Å². The van der Waals surface area contributed by atoms with Gasteiger partial charge in [0, 0.05) is 76.6 Å². The number of rotatable bonds is 17. The molecule has 0 aliphatic carbocycles. The van der Waals surface area contributed by atoms with E-state index in [1.807, 2.05) is 18.3 Å². The molecule has 0 spiro atoms. The molecule has 0 atom stereocenters. The molecular weight excluding hydrogens is 585 g/mol. The maximum atomic E-state index is 14.3. The van der Waals surface area contributed by atoms with Crippen molar-refractivity contribution in [2.24, 2.45) is 0 Å². The molecule has 12 heteroatoms. The molecule has 4 heterocycles. The van der Waals surface area contributed by atoms with Gasteiger partial charge in [-0.05, 0) is 29.8 Å². The zero-order valence-electron chi connectivity index (χ0n) is 25.1. The molecule has 0 radical (unpaired) electrons. The smallest absolute Gasteiger partial charge is 0.167 e. The summed E-state index contributed by atoms with van der Waals surface area (Å²) in [7, 11) is 1.66. The monoisotopic (exact) mass is 625 g/mol. The largest absolute Gasteiger partial charge is 0.453 e. The van der Waals surface area contributed by atoms with Gasteiger partial charge in [0.2, 0.25) is 0 Å². The van der Waals surface area contributed by atoms with E-state index in [9.17, 15) is 4.39 Å². The average Bonchev–Trinajstić information content (AvgIpc) is 3.48. The van der Waals surface area contributed by atoms with Crippen molar-refractivity contribution in [3.05, 3.63) is 66.2 Å². The Labute approximate surface area is 261 Å². The average molecular weight is 626 g/mol. The molecule has 236 valence electrons. The van der Waals surface area contributed by atoms with Crippen LogP contribution in [0.2, 0.25) is 0 Å². The molecule has 2 N–H and O–H groups in total. The van der Waals surface area contributed by atoms with E-state index in [0.717, 1.165) is 60.1 Å². The van der Waals surface area contributed by atoms with Gasteiger partial charge in [-0.25, -0.2) is 4.39 Å². The first-order valence-corrected chi connectivity index (χ1v) is 15.6. The summed E-state index contributed by atoms with van der Waals surface area (Å²) in [5.41, 5.74) is 8.84. The molecule has 1 aromatic carbocycles. The fourth-order valence-electron chi connectivity index (χ4n) is 4.81. The number of methoxy groups -OCH3 is 1. The third-order valence-corrected chi connectivity index (χ3v) is 8.39. The van der Waals surface area contributed by atoms with E-state index in [1.54, 1.807) is 25.4 Å². The van der Waals surface area contributed by atoms with Crippen molar-refractivity contribution in [3.8, 4) is 22.1 Å². The minimum Gasteiger partial charge on any atom is -0.453 e. The van der Waals surface area contributed by atoms with Crippen LogP contribution in [0.15, 0.2) is 54.9 Å². The Hall–Kier alpha value is -3.23. The molecule has 0 bridgehead atoms. The normalized spacial score (nSPS) is 14.4. The van der Waals surface area contributed by atoms with E-state index in [4.69, 9.17) is 34.4 Å². The predicted molar refractivity (Wildman–Crippen MR) is 170 cm³/mol. The predicted octanol–water partition coefficient (Wildman–Crippen LogP) is 4.69. The van der Waals surface area contributed by atoms with Crippen LogP contribution in [-0.2, 0) is 25.5 Å². The van der Waals surface area contributed by atoms with Gasteiger partial charge < -0.3 is 29.4 Å². The molecule has 0 amide bonds. The molecule has 5 rings (SSSR count). The number of anilines is 1. The second kappa shape index (κ2) is 16.7. The Morgan fingerprint density at radius 3 is 2.25 bits per heavy atom. The maximum absolute atomic E-state index is 14.3. The molecule has 10 nitrogen and oxygen atoms in total. The quantitative estimate of drug-likeness (QED) is 0.131. The lowest BCUT2D eigenvalue weighted by atomic mass is 10.2. The van der Waals surface area contributed by atoms with Crippen molar-refractivity contribution in [2.75, 3.05) is 91.8 Å². The number of nitrogens with two attached hydrogens (primary N) is 1. The summed E-state index contributed by atoms with van der Waals surface area (Å²) in [5.74, 6) is 0.158. The highest BCUT2D eigenvalue weighted by atomic mass is 32.1. The number of thiophene rings is 1. The van der Waals surface area contributed by atoms with Crippen molar-refractivity contribution in [3.63, 3.8) is 0 Å². The van der Waals surface area contributed by atoms with E-state index in [1.165, 1.54) is 29.0 Å². The van der Waals surface area contributed by atoms with Crippen molar-refractivity contribution >= 4 is 27.2 Å². The van der Waals surface area contributed by atoms with Crippen LogP contribution in [0.3, 0.4) is 0 Å². The summed E-state index contributed by atoms with van der Waals surface area (Å²) < 4.78 is 42.6. The van der Waals surface area contributed by atoms with Gasteiger partial charge in [-0.3, -0.25) is 19.8 Å². The van der Waals surface area contributed by atoms with E-state index >= 15 is 0 Å². The Morgan fingerprint density at radius 1 is 0.818 bits per heavy atom. The fourth-order valence-corrected chi connectivity index (χ4v) is 5.85. The van der Waals surface area contributed by atoms with Crippen LogP contribution in [0.4, 0.5) is 10.1 Å². The second-order valence-electron chi connectivity index (χ2n) is 10.4. The summed E-state index contributed by atoms with van der Waals surface area (Å²) in [6, 6.07) is 12.3. The number of pyridine rings is 2. The van der Waals surface area contributed by atoms with Crippen LogP contribution in [0.25, 0.3) is 20.8 Å². The van der Waals surface area contributed by atoms with Gasteiger partial charge in [0.15, 0.2) is 11.6 Å². The molecule has 0 saturated carbocycles. The number of hydrogen-bond donors (Lipinski definition) is 1. The molecule has 1 saturated heterocycles. The summed E-state index contributed by atoms with van der Waals surface area (Å²) >= 11 is 1.52. The number of aromatic nitrogens is 2. The first-order chi connectivity index (χ1) is 21.6. The maximum Gasteiger partial charge on any atom is 0.167 e. The lowest BCUT2D eigenvalue weighted by Crippen LogP contribution is -2.46. The van der Waals surface area contributed by atoms with Crippen molar-refractivity contribution in [1.29, 1.82) is 0 Å². The number of halogens is 1. The van der Waals surface area contributed by atoms with Crippen LogP contribution in [0.5, 0.6) is 11.5 Å². The van der Waals surface area contributed by atoms with E-state index in [-0.39, 0.29) is 5.75 Å². The number of hydrogen-bond acceptors (Lipinski definition) is 11. The SMILES string of the molecule is COCCOCCOCCOCCN1CCN(Cc2ccc(-c3cc4nccc(Oc5ccc(N)cc5F)c4s3)nc2)CC1. The van der Waals surface area contributed by atoms with Crippen molar-refractivity contribution in [2.45, 2.75) is 6.54 Å². The van der Waals surface area contributed by atoms with Gasteiger partial charge in [-0.2, -0.15) is 0 Å². The molecule has 3 aromatic heterocycles. The first kappa shape index (κ1) is 32.2. The number of ether oxygens (including phenoxy) is 5. The van der Waals surface area contributed by atoms with Gasteiger partial charge in [0.1, 0.15) is 5.75 Å². The topological polar surface area (TPSA) is 104 Å². The molecular formula is C32H40FN5O5S. The first-order valence-electron chi connectivity index (χ1n) is 14.8. The standard InChI is InChI=1S/C32H40FN5O5S/c1-39-14-15-41-18-19-42-17-16-40-13-12-37-8-10-38(11-9-37)23-24-2-4-27(36-22-24)31-21-28-32(44-31)30(6-7-35-28)43-29-5-3-25(34)20-26(29)33/h2-7,20-22H,8-19,23,34H2,1H3. The highest BCUT2D eigenvalue weighted by Gasteiger charge is 2.18. The zero-order chi connectivity index (χ0) is 30.6. The Morgan fingerprint density at radius 2 is 1.55 bits per heavy atom. The third kappa shape index (κ3) is 9.38. The van der Waals surface area contributed by atoms with Gasteiger partial charge >= 0.3 is 0 Å². The Bertz CT molecular complexity index is 1450. The molecule has 1 aliphatic rings. The van der Waals surface area contributed by atoms with E-state index in [0.29, 0.717) is 57.7 Å². The summed E-state index contributed by atoms with van der Waals surface area (Å²) in [6.07, 6.45) is 3.61. The minimum absolute atomic E-state index is 0.121. The summed E-state index contributed by atoms with van der Waals surface area (Å²) in [6.45, 7) is 10.1. The lowest BCUT2D eigenvalue weighted by Gasteiger charge is -2.34. The fraction of sp³-hybridized carbons (Fsp3) is 0.438. The Balaban J connectivity index is 1.03. The summed E-state index contributed by atoms with van der Waals surface area (Å²) in [5, 5.41) is 0. The van der Waals surface area contributed by atoms with Gasteiger partial charge in [-0.15, -0.1) is 11.3 Å². The van der Waals surface area contributed by atoms with Crippen molar-refractivity contribution < 1.29 is 28.1 Å². The van der Waals surface area contributed by atoms with E-state index in [2.05, 4.69) is 20.9 Å². The third-order valence-electron chi connectivity index (χ3n) is 7.23. The van der Waals surface area contributed by atoms with E-state index < -0.39 is 5.82 Å². The number of nitrogens with zero attached hydrogens (tertiary/aromatic N) is 4.